The molecular formula is C29H23ClFN3O2S. The molecule has 2 N–H and O–H groups in total. The van der Waals surface area contributed by atoms with Crippen LogP contribution in [0.25, 0.3) is 0 Å². The van der Waals surface area contributed by atoms with Crippen molar-refractivity contribution in [1.82, 2.24) is 4.90 Å². The van der Waals surface area contributed by atoms with Gasteiger partial charge in [0.2, 0.25) is 0 Å². The third-order valence-corrected chi connectivity index (χ3v) is 6.82. The standard InChI is InChI=1S/C29H23ClFN3O2S/c30-20-7-12-27(37)24(14-20)28(35)33-26-6-2-5-23-25(26)17-34(29(23)36)16-19-4-1-3-18(13-19)15-32-22-10-8-21(31)9-11-22/h1-14,32,37H,15-17H2,(H,33,35). The molecule has 8 heteroatoms. The van der Waals surface area contributed by atoms with Gasteiger partial charge in [-0.25, -0.2) is 4.39 Å². The van der Waals surface area contributed by atoms with Gasteiger partial charge in [0.05, 0.1) is 5.56 Å². The van der Waals surface area contributed by atoms with Crippen LogP contribution in [0.3, 0.4) is 0 Å². The van der Waals surface area contributed by atoms with Crippen LogP contribution in [-0.2, 0) is 19.6 Å². The quantitative estimate of drug-likeness (QED) is 0.230. The minimum atomic E-state index is -0.340. The Morgan fingerprint density at radius 2 is 1.73 bits per heavy atom. The third-order valence-electron chi connectivity index (χ3n) is 6.20. The van der Waals surface area contributed by atoms with Crippen LogP contribution in [0.4, 0.5) is 15.8 Å². The summed E-state index contributed by atoms with van der Waals surface area (Å²) in [7, 11) is 0. The van der Waals surface area contributed by atoms with E-state index in [1.165, 1.54) is 12.1 Å². The fourth-order valence-electron chi connectivity index (χ4n) is 4.35. The van der Waals surface area contributed by atoms with Gasteiger partial charge in [-0.2, -0.15) is 0 Å². The van der Waals surface area contributed by atoms with E-state index < -0.39 is 0 Å². The summed E-state index contributed by atoms with van der Waals surface area (Å²) in [4.78, 5) is 28.4. The first kappa shape index (κ1) is 24.9. The van der Waals surface area contributed by atoms with Gasteiger partial charge in [-0.15, -0.1) is 12.6 Å². The Kier molecular flexibility index (Phi) is 7.17. The summed E-state index contributed by atoms with van der Waals surface area (Å²) in [6.07, 6.45) is 0. The molecule has 4 aromatic carbocycles. The average Bonchev–Trinajstić information content (AvgIpc) is 3.21. The molecule has 1 heterocycles. The highest BCUT2D eigenvalue weighted by Crippen LogP contribution is 2.31. The van der Waals surface area contributed by atoms with Gasteiger partial charge in [-0.1, -0.05) is 41.9 Å². The lowest BCUT2D eigenvalue weighted by Gasteiger charge is -2.17. The number of anilines is 2. The highest BCUT2D eigenvalue weighted by molar-refractivity contribution is 7.80. The number of carbonyl (C=O) groups is 2. The molecule has 1 aliphatic rings. The molecule has 0 aliphatic carbocycles. The van der Waals surface area contributed by atoms with E-state index in [1.54, 1.807) is 53.4 Å². The van der Waals surface area contributed by atoms with Crippen LogP contribution in [0.1, 0.15) is 37.4 Å². The van der Waals surface area contributed by atoms with Crippen molar-refractivity contribution in [2.45, 2.75) is 24.5 Å². The highest BCUT2D eigenvalue weighted by Gasteiger charge is 2.30. The molecule has 2 amide bonds. The first-order chi connectivity index (χ1) is 17.9. The minimum absolute atomic E-state index is 0.0846. The zero-order valence-electron chi connectivity index (χ0n) is 19.7. The zero-order chi connectivity index (χ0) is 25.9. The van der Waals surface area contributed by atoms with Crippen LogP contribution in [0.5, 0.6) is 0 Å². The zero-order valence-corrected chi connectivity index (χ0v) is 21.3. The van der Waals surface area contributed by atoms with E-state index in [9.17, 15) is 14.0 Å². The second kappa shape index (κ2) is 10.7. The van der Waals surface area contributed by atoms with Crippen molar-refractivity contribution in [1.29, 1.82) is 0 Å². The van der Waals surface area contributed by atoms with Gasteiger partial charge < -0.3 is 15.5 Å². The molecule has 0 saturated heterocycles. The molecule has 0 bridgehead atoms. The molecule has 0 saturated carbocycles. The van der Waals surface area contributed by atoms with Crippen molar-refractivity contribution in [3.8, 4) is 0 Å². The number of rotatable bonds is 7. The molecule has 5 nitrogen and oxygen atoms in total. The van der Waals surface area contributed by atoms with Crippen LogP contribution in [0, 0.1) is 5.82 Å². The number of hydrogen-bond donors (Lipinski definition) is 3. The number of fused-ring (bicyclic) bond motifs is 1. The minimum Gasteiger partial charge on any atom is -0.381 e. The Labute approximate surface area is 224 Å². The van der Waals surface area contributed by atoms with Gasteiger partial charge in [0.15, 0.2) is 0 Å². The third kappa shape index (κ3) is 5.63. The number of hydrogen-bond acceptors (Lipinski definition) is 4. The number of thiol groups is 1. The number of nitrogens with zero attached hydrogens (tertiary/aromatic N) is 1. The number of carbonyl (C=O) groups excluding carboxylic acids is 2. The number of nitrogens with one attached hydrogen (secondary N) is 2. The lowest BCUT2D eigenvalue weighted by Crippen LogP contribution is -2.23. The molecule has 0 radical (unpaired) electrons. The molecule has 186 valence electrons. The summed E-state index contributed by atoms with van der Waals surface area (Å²) in [6.45, 7) is 1.38. The van der Waals surface area contributed by atoms with Crippen molar-refractivity contribution in [2.75, 3.05) is 10.6 Å². The number of halogens is 2. The smallest absolute Gasteiger partial charge is 0.256 e. The molecule has 5 rings (SSSR count). The molecule has 0 spiro atoms. The molecule has 0 atom stereocenters. The van der Waals surface area contributed by atoms with Gasteiger partial charge in [0.1, 0.15) is 5.82 Å². The van der Waals surface area contributed by atoms with Gasteiger partial charge in [0, 0.05) is 52.1 Å². The first-order valence-corrected chi connectivity index (χ1v) is 12.5. The molecule has 0 unspecified atom stereocenters. The Morgan fingerprint density at radius 3 is 2.54 bits per heavy atom. The Balaban J connectivity index is 1.28. The van der Waals surface area contributed by atoms with E-state index >= 15 is 0 Å². The highest BCUT2D eigenvalue weighted by atomic mass is 35.5. The van der Waals surface area contributed by atoms with E-state index in [2.05, 4.69) is 23.3 Å². The van der Waals surface area contributed by atoms with Gasteiger partial charge in [-0.3, -0.25) is 9.59 Å². The molecular weight excluding hydrogens is 509 g/mol. The van der Waals surface area contributed by atoms with Crippen molar-refractivity contribution >= 4 is 47.4 Å². The van der Waals surface area contributed by atoms with Crippen LogP contribution in [0.2, 0.25) is 5.02 Å². The summed E-state index contributed by atoms with van der Waals surface area (Å²) < 4.78 is 13.1. The second-order valence-corrected chi connectivity index (χ2v) is 9.71. The van der Waals surface area contributed by atoms with Crippen molar-refractivity contribution in [2.24, 2.45) is 0 Å². The summed E-state index contributed by atoms with van der Waals surface area (Å²) in [6, 6.07) is 24.4. The van der Waals surface area contributed by atoms with E-state index in [1.807, 2.05) is 24.3 Å². The van der Waals surface area contributed by atoms with Crippen molar-refractivity contribution in [3.05, 3.63) is 124 Å². The Bertz CT molecular complexity index is 1490. The average molecular weight is 532 g/mol. The number of benzene rings is 4. The maximum atomic E-state index is 13.2. The summed E-state index contributed by atoms with van der Waals surface area (Å²) in [5.41, 5.74) is 5.16. The fourth-order valence-corrected chi connectivity index (χ4v) is 4.76. The van der Waals surface area contributed by atoms with E-state index in [4.69, 9.17) is 11.6 Å². The predicted molar refractivity (Wildman–Crippen MR) is 147 cm³/mol. The summed E-state index contributed by atoms with van der Waals surface area (Å²) in [5, 5.41) is 6.64. The molecule has 0 fully saturated rings. The van der Waals surface area contributed by atoms with Crippen LogP contribution in [0.15, 0.2) is 89.8 Å². The molecule has 0 aromatic heterocycles. The van der Waals surface area contributed by atoms with E-state index in [0.29, 0.717) is 46.4 Å². The summed E-state index contributed by atoms with van der Waals surface area (Å²) in [5.74, 6) is -0.700. The van der Waals surface area contributed by atoms with Crippen LogP contribution in [-0.4, -0.2) is 16.7 Å². The van der Waals surface area contributed by atoms with Gasteiger partial charge in [-0.05, 0) is 65.7 Å². The molecule has 1 aliphatic heterocycles. The fraction of sp³-hybridized carbons (Fsp3) is 0.103. The molecule has 4 aromatic rings. The SMILES string of the molecule is O=C(Nc1cccc2c1CN(Cc1cccc(CNc3ccc(F)cc3)c1)C2=O)c1cc(Cl)ccc1S. The predicted octanol–water partition coefficient (Wildman–Crippen LogP) is 6.79. The molecule has 37 heavy (non-hydrogen) atoms. The largest absolute Gasteiger partial charge is 0.381 e. The Morgan fingerprint density at radius 1 is 0.973 bits per heavy atom. The van der Waals surface area contributed by atoms with E-state index in [0.717, 1.165) is 22.4 Å². The second-order valence-electron chi connectivity index (χ2n) is 8.79. The van der Waals surface area contributed by atoms with Crippen LogP contribution >= 0.6 is 24.2 Å². The van der Waals surface area contributed by atoms with Gasteiger partial charge >= 0.3 is 0 Å². The first-order valence-electron chi connectivity index (χ1n) is 11.7. The normalized spacial score (nSPS) is 12.4. The maximum absolute atomic E-state index is 13.2. The van der Waals surface area contributed by atoms with E-state index in [-0.39, 0.29) is 17.6 Å². The van der Waals surface area contributed by atoms with Crippen molar-refractivity contribution < 1.29 is 14.0 Å². The van der Waals surface area contributed by atoms with Crippen LogP contribution < -0.4 is 10.6 Å². The topological polar surface area (TPSA) is 61.4 Å². The summed E-state index contributed by atoms with van der Waals surface area (Å²) >= 11 is 10.4. The number of amides is 2. The van der Waals surface area contributed by atoms with Crippen molar-refractivity contribution in [3.63, 3.8) is 0 Å². The maximum Gasteiger partial charge on any atom is 0.256 e. The lowest BCUT2D eigenvalue weighted by molar-refractivity contribution is 0.0766. The monoisotopic (exact) mass is 531 g/mol. The van der Waals surface area contributed by atoms with Gasteiger partial charge in [0.25, 0.3) is 11.8 Å². The Hall–Kier alpha value is -3.81. The lowest BCUT2D eigenvalue weighted by atomic mass is 10.1.